The average Bonchev–Trinajstić information content (AvgIpc) is 3.12. The van der Waals surface area contributed by atoms with Gasteiger partial charge >= 0.3 is 0 Å². The number of hydrogen-bond acceptors (Lipinski definition) is 7. The molecule has 1 aromatic carbocycles. The minimum absolute atomic E-state index is 0.0351. The van der Waals surface area contributed by atoms with Crippen LogP contribution in [0.5, 0.6) is 0 Å². The smallest absolute Gasteiger partial charge is 0.260 e. The summed E-state index contributed by atoms with van der Waals surface area (Å²) in [5.74, 6) is 1.86. The number of para-hydroxylation sites is 1. The summed E-state index contributed by atoms with van der Waals surface area (Å²) in [5.41, 5.74) is 2.06. The fraction of sp³-hybridized carbons (Fsp3) is 0.320. The molecule has 0 unspecified atom stereocenters. The van der Waals surface area contributed by atoms with Crippen molar-refractivity contribution in [2.75, 3.05) is 43.4 Å². The van der Waals surface area contributed by atoms with Gasteiger partial charge in [0.15, 0.2) is 5.16 Å². The van der Waals surface area contributed by atoms with Gasteiger partial charge in [-0.1, -0.05) is 42.1 Å². The predicted octanol–water partition coefficient (Wildman–Crippen LogP) is 4.62. The average molecular weight is 478 g/mol. The summed E-state index contributed by atoms with van der Waals surface area (Å²) in [4.78, 5) is 31.6. The summed E-state index contributed by atoms with van der Waals surface area (Å²) in [7, 11) is 0. The third-order valence-corrected chi connectivity index (χ3v) is 8.07. The molecule has 0 radical (unpaired) electrons. The molecule has 3 aromatic heterocycles. The number of nitrogens with one attached hydrogen (secondary N) is 1. The number of fused-ring (bicyclic) bond motifs is 2. The number of anilines is 1. The van der Waals surface area contributed by atoms with E-state index in [2.05, 4.69) is 56.2 Å². The Bertz CT molecular complexity index is 1370. The summed E-state index contributed by atoms with van der Waals surface area (Å²) in [5, 5.41) is 2.60. The van der Waals surface area contributed by atoms with Crippen molar-refractivity contribution in [2.45, 2.75) is 19.0 Å². The Hall–Kier alpha value is -2.68. The van der Waals surface area contributed by atoms with Gasteiger partial charge in [0.1, 0.15) is 10.6 Å². The van der Waals surface area contributed by atoms with Gasteiger partial charge in [0.25, 0.3) is 5.56 Å². The minimum Gasteiger partial charge on any atom is -0.354 e. The van der Waals surface area contributed by atoms with Crippen molar-refractivity contribution in [2.24, 2.45) is 0 Å². The lowest BCUT2D eigenvalue weighted by atomic mass is 10.2. The second-order valence-electron chi connectivity index (χ2n) is 8.27. The molecule has 0 spiro atoms. The Kier molecular flexibility index (Phi) is 6.48. The van der Waals surface area contributed by atoms with Gasteiger partial charge in [0.2, 0.25) is 0 Å². The van der Waals surface area contributed by atoms with Gasteiger partial charge in [-0.3, -0.25) is 9.69 Å². The first-order valence-electron chi connectivity index (χ1n) is 11.2. The highest BCUT2D eigenvalue weighted by molar-refractivity contribution is 7.99. The van der Waals surface area contributed by atoms with Crippen LogP contribution in [-0.4, -0.2) is 58.3 Å². The Morgan fingerprint density at radius 3 is 2.73 bits per heavy atom. The van der Waals surface area contributed by atoms with E-state index in [9.17, 15) is 4.79 Å². The first kappa shape index (κ1) is 22.1. The van der Waals surface area contributed by atoms with E-state index in [4.69, 9.17) is 4.98 Å². The molecule has 1 N–H and O–H groups in total. The maximum atomic E-state index is 12.4. The minimum atomic E-state index is -0.0351. The lowest BCUT2D eigenvalue weighted by Crippen LogP contribution is -2.46. The van der Waals surface area contributed by atoms with Crippen molar-refractivity contribution >= 4 is 50.0 Å². The molecule has 0 atom stereocenters. The van der Waals surface area contributed by atoms with E-state index in [0.29, 0.717) is 5.16 Å². The van der Waals surface area contributed by atoms with E-state index < -0.39 is 0 Å². The van der Waals surface area contributed by atoms with E-state index in [1.54, 1.807) is 23.1 Å². The third-order valence-electron chi connectivity index (χ3n) is 6.14. The van der Waals surface area contributed by atoms with Gasteiger partial charge < -0.3 is 9.88 Å². The normalized spacial score (nSPS) is 15.3. The van der Waals surface area contributed by atoms with Gasteiger partial charge in [0.05, 0.1) is 10.9 Å². The number of aromatic amines is 1. The lowest BCUT2D eigenvalue weighted by Gasteiger charge is -2.35. The van der Waals surface area contributed by atoms with E-state index in [1.807, 2.05) is 26.0 Å². The third kappa shape index (κ3) is 4.83. The molecule has 1 saturated heterocycles. The molecule has 33 heavy (non-hydrogen) atoms. The summed E-state index contributed by atoms with van der Waals surface area (Å²) in [6.07, 6.45) is 4.38. The fourth-order valence-electron chi connectivity index (χ4n) is 4.11. The number of thioether (sulfide) groups is 1. The zero-order chi connectivity index (χ0) is 22.8. The van der Waals surface area contributed by atoms with E-state index >= 15 is 0 Å². The number of thiophene rings is 1. The highest BCUT2D eigenvalue weighted by Crippen LogP contribution is 2.27. The first-order chi connectivity index (χ1) is 16.1. The second-order valence-corrected chi connectivity index (χ2v) is 10.5. The van der Waals surface area contributed by atoms with Crippen molar-refractivity contribution in [3.8, 4) is 0 Å². The molecule has 0 bridgehead atoms. The Labute approximate surface area is 201 Å². The summed E-state index contributed by atoms with van der Waals surface area (Å²) < 4.78 is 0. The molecule has 1 aliphatic heterocycles. The molecule has 6 nitrogen and oxygen atoms in total. The van der Waals surface area contributed by atoms with Crippen molar-refractivity contribution in [1.29, 1.82) is 0 Å². The molecule has 4 aromatic rings. The maximum absolute atomic E-state index is 12.4. The van der Waals surface area contributed by atoms with Crippen LogP contribution >= 0.6 is 23.1 Å². The van der Waals surface area contributed by atoms with Crippen LogP contribution in [0.25, 0.3) is 21.1 Å². The molecule has 0 saturated carbocycles. The largest absolute Gasteiger partial charge is 0.354 e. The molecular weight excluding hydrogens is 450 g/mol. The highest BCUT2D eigenvalue weighted by atomic mass is 32.2. The van der Waals surface area contributed by atoms with E-state index in [0.717, 1.165) is 70.5 Å². The Balaban J connectivity index is 1.10. The van der Waals surface area contributed by atoms with Crippen molar-refractivity contribution in [3.63, 3.8) is 0 Å². The Morgan fingerprint density at radius 2 is 1.88 bits per heavy atom. The van der Waals surface area contributed by atoms with Crippen LogP contribution in [0.1, 0.15) is 10.4 Å². The maximum Gasteiger partial charge on any atom is 0.260 e. The van der Waals surface area contributed by atoms with Crippen LogP contribution < -0.4 is 10.5 Å². The van der Waals surface area contributed by atoms with Crippen LogP contribution in [0, 0.1) is 13.8 Å². The van der Waals surface area contributed by atoms with E-state index in [-0.39, 0.29) is 5.56 Å². The number of rotatable bonds is 6. The number of aromatic nitrogens is 3. The molecule has 8 heteroatoms. The number of H-pyrrole nitrogens is 1. The molecule has 1 aliphatic rings. The lowest BCUT2D eigenvalue weighted by molar-refractivity contribution is 0.283. The molecule has 1 fully saturated rings. The fourth-order valence-corrected chi connectivity index (χ4v) is 5.91. The number of aryl methyl sites for hydroxylation is 2. The second kappa shape index (κ2) is 9.67. The predicted molar refractivity (Wildman–Crippen MR) is 140 cm³/mol. The van der Waals surface area contributed by atoms with Crippen LogP contribution in [0.4, 0.5) is 5.82 Å². The van der Waals surface area contributed by atoms with Gasteiger partial charge in [-0.25, -0.2) is 9.97 Å². The quantitative estimate of drug-likeness (QED) is 0.248. The highest BCUT2D eigenvalue weighted by Gasteiger charge is 2.17. The van der Waals surface area contributed by atoms with Gasteiger partial charge in [-0.2, -0.15) is 0 Å². The van der Waals surface area contributed by atoms with Crippen LogP contribution in [-0.2, 0) is 0 Å². The molecule has 5 rings (SSSR count). The zero-order valence-corrected chi connectivity index (χ0v) is 20.5. The standard InChI is InChI=1S/C25H27N5OS2/c1-17-18(2)33-24-22(17)23(31)27-25(28-24)32-16-6-5-11-29-12-14-30(15-13-29)21-10-9-19-7-3-4-8-20(19)26-21/h3-10H,11-16H2,1-2H3,(H,27,28,31). The first-order valence-corrected chi connectivity index (χ1v) is 13.0. The SMILES string of the molecule is Cc1sc2nc(SCC=CCN3CCN(c4ccc5ccccc5n4)CC3)[nH]c(=O)c2c1C. The molecular formula is C25H27N5OS2. The van der Waals surface area contributed by atoms with Gasteiger partial charge in [-0.15, -0.1) is 11.3 Å². The topological polar surface area (TPSA) is 65.1 Å². The monoisotopic (exact) mass is 477 g/mol. The summed E-state index contributed by atoms with van der Waals surface area (Å²) in [6, 6.07) is 12.6. The van der Waals surface area contributed by atoms with Gasteiger partial charge in [0, 0.05) is 48.7 Å². The summed E-state index contributed by atoms with van der Waals surface area (Å²) in [6.45, 7) is 8.97. The van der Waals surface area contributed by atoms with Crippen molar-refractivity contribution < 1.29 is 0 Å². The van der Waals surface area contributed by atoms with Gasteiger partial charge in [-0.05, 0) is 37.6 Å². The number of piperazine rings is 1. The molecule has 0 amide bonds. The van der Waals surface area contributed by atoms with E-state index in [1.165, 1.54) is 5.39 Å². The number of pyridine rings is 1. The zero-order valence-electron chi connectivity index (χ0n) is 18.9. The number of benzene rings is 1. The van der Waals surface area contributed by atoms with Crippen molar-refractivity contribution in [3.05, 3.63) is 69.3 Å². The Morgan fingerprint density at radius 1 is 1.06 bits per heavy atom. The van der Waals surface area contributed by atoms with Crippen LogP contribution in [0.3, 0.4) is 0 Å². The van der Waals surface area contributed by atoms with Crippen LogP contribution in [0.2, 0.25) is 0 Å². The number of nitrogens with zero attached hydrogens (tertiary/aromatic N) is 4. The number of hydrogen-bond donors (Lipinski definition) is 1. The van der Waals surface area contributed by atoms with Crippen molar-refractivity contribution in [1.82, 2.24) is 19.9 Å². The molecule has 0 aliphatic carbocycles. The molecule has 170 valence electrons. The van der Waals surface area contributed by atoms with Crippen LogP contribution in [0.15, 0.2) is 58.5 Å². The molecule has 4 heterocycles. The summed E-state index contributed by atoms with van der Waals surface area (Å²) >= 11 is 3.16.